The Balaban J connectivity index is 2.54. The Morgan fingerprint density at radius 1 is 1.31 bits per heavy atom. The Morgan fingerprint density at radius 3 is 2.56 bits per heavy atom. The first-order chi connectivity index (χ1) is 7.59. The van der Waals surface area contributed by atoms with Crippen LogP contribution in [0.2, 0.25) is 0 Å². The SMILES string of the molecule is CC(=O)c1[nH]c(-c2ccccc2F)cc1C. The summed E-state index contributed by atoms with van der Waals surface area (Å²) >= 11 is 0. The number of rotatable bonds is 2. The molecule has 0 unspecified atom stereocenters. The summed E-state index contributed by atoms with van der Waals surface area (Å²) in [6, 6.07) is 8.28. The third kappa shape index (κ3) is 1.76. The average molecular weight is 217 g/mol. The van der Waals surface area contributed by atoms with Crippen molar-refractivity contribution in [2.45, 2.75) is 13.8 Å². The van der Waals surface area contributed by atoms with Crippen LogP contribution in [0.15, 0.2) is 30.3 Å². The van der Waals surface area contributed by atoms with Gasteiger partial charge in [0.05, 0.1) is 5.69 Å². The number of Topliss-reactive ketones (excluding diaryl/α,β-unsaturated/α-hetero) is 1. The van der Waals surface area contributed by atoms with Crippen LogP contribution in [0.3, 0.4) is 0 Å². The number of aromatic amines is 1. The maximum atomic E-state index is 13.5. The quantitative estimate of drug-likeness (QED) is 0.769. The standard InChI is InChI=1S/C13H12FNO/c1-8-7-12(15-13(8)9(2)16)10-5-3-4-6-11(10)14/h3-7,15H,1-2H3. The highest BCUT2D eigenvalue weighted by molar-refractivity contribution is 5.94. The lowest BCUT2D eigenvalue weighted by atomic mass is 10.1. The summed E-state index contributed by atoms with van der Waals surface area (Å²) in [7, 11) is 0. The van der Waals surface area contributed by atoms with Crippen molar-refractivity contribution >= 4 is 5.78 Å². The fraction of sp³-hybridized carbons (Fsp3) is 0.154. The molecule has 3 heteroatoms. The number of hydrogen-bond donors (Lipinski definition) is 1. The van der Waals surface area contributed by atoms with Crippen LogP contribution in [0.4, 0.5) is 4.39 Å². The molecule has 16 heavy (non-hydrogen) atoms. The van der Waals surface area contributed by atoms with Gasteiger partial charge in [0.25, 0.3) is 0 Å². The van der Waals surface area contributed by atoms with Gasteiger partial charge in [0, 0.05) is 18.2 Å². The van der Waals surface area contributed by atoms with E-state index in [1.54, 1.807) is 24.3 Å². The number of carbonyl (C=O) groups is 1. The highest BCUT2D eigenvalue weighted by atomic mass is 19.1. The van der Waals surface area contributed by atoms with Crippen molar-refractivity contribution in [3.8, 4) is 11.3 Å². The molecule has 0 bridgehead atoms. The van der Waals surface area contributed by atoms with E-state index < -0.39 is 0 Å². The Kier molecular flexibility index (Phi) is 2.60. The van der Waals surface area contributed by atoms with Crippen molar-refractivity contribution in [3.05, 3.63) is 47.4 Å². The zero-order chi connectivity index (χ0) is 11.7. The number of carbonyl (C=O) groups excluding carboxylic acids is 1. The first-order valence-electron chi connectivity index (χ1n) is 5.05. The molecule has 0 saturated heterocycles. The molecule has 1 aromatic carbocycles. The lowest BCUT2D eigenvalue weighted by molar-refractivity contribution is 0.101. The summed E-state index contributed by atoms with van der Waals surface area (Å²) in [5.74, 6) is -0.334. The molecule has 1 aromatic heterocycles. The number of nitrogens with one attached hydrogen (secondary N) is 1. The molecule has 0 atom stereocenters. The second kappa shape index (κ2) is 3.93. The number of ketones is 1. The van der Waals surface area contributed by atoms with Crippen LogP contribution in [-0.2, 0) is 0 Å². The predicted octanol–water partition coefficient (Wildman–Crippen LogP) is 3.33. The van der Waals surface area contributed by atoms with Gasteiger partial charge < -0.3 is 4.98 Å². The van der Waals surface area contributed by atoms with E-state index in [2.05, 4.69) is 4.98 Å². The van der Waals surface area contributed by atoms with Crippen molar-refractivity contribution in [2.75, 3.05) is 0 Å². The highest BCUT2D eigenvalue weighted by Gasteiger charge is 2.11. The maximum absolute atomic E-state index is 13.5. The van der Waals surface area contributed by atoms with Gasteiger partial charge in [0.1, 0.15) is 5.82 Å². The number of hydrogen-bond acceptors (Lipinski definition) is 1. The minimum Gasteiger partial charge on any atom is -0.352 e. The number of H-pyrrole nitrogens is 1. The van der Waals surface area contributed by atoms with E-state index in [0.717, 1.165) is 5.56 Å². The predicted molar refractivity (Wildman–Crippen MR) is 60.9 cm³/mol. The smallest absolute Gasteiger partial charge is 0.176 e. The minimum absolute atomic E-state index is 0.0416. The largest absolute Gasteiger partial charge is 0.352 e. The van der Waals surface area contributed by atoms with Gasteiger partial charge in [0.15, 0.2) is 5.78 Å². The topological polar surface area (TPSA) is 32.9 Å². The summed E-state index contributed by atoms with van der Waals surface area (Å²) in [6.07, 6.45) is 0. The molecule has 2 rings (SSSR count). The van der Waals surface area contributed by atoms with Gasteiger partial charge in [-0.1, -0.05) is 12.1 Å². The molecule has 0 amide bonds. The Labute approximate surface area is 93.1 Å². The zero-order valence-electron chi connectivity index (χ0n) is 9.17. The third-order valence-corrected chi connectivity index (χ3v) is 2.53. The van der Waals surface area contributed by atoms with E-state index >= 15 is 0 Å². The van der Waals surface area contributed by atoms with Crippen LogP contribution in [0.25, 0.3) is 11.3 Å². The van der Waals surface area contributed by atoms with E-state index in [0.29, 0.717) is 17.0 Å². The van der Waals surface area contributed by atoms with Crippen molar-refractivity contribution in [1.29, 1.82) is 0 Å². The van der Waals surface area contributed by atoms with E-state index in [-0.39, 0.29) is 11.6 Å². The molecule has 0 aliphatic heterocycles. The number of aryl methyl sites for hydroxylation is 1. The van der Waals surface area contributed by atoms with Gasteiger partial charge in [-0.15, -0.1) is 0 Å². The molecule has 1 heterocycles. The van der Waals surface area contributed by atoms with Crippen molar-refractivity contribution in [1.82, 2.24) is 4.98 Å². The fourth-order valence-corrected chi connectivity index (χ4v) is 1.75. The lowest BCUT2D eigenvalue weighted by Crippen LogP contribution is -1.94. The van der Waals surface area contributed by atoms with Crippen LogP contribution in [0.5, 0.6) is 0 Å². The first-order valence-corrected chi connectivity index (χ1v) is 5.05. The zero-order valence-corrected chi connectivity index (χ0v) is 9.17. The van der Waals surface area contributed by atoms with Crippen molar-refractivity contribution < 1.29 is 9.18 Å². The summed E-state index contributed by atoms with van der Waals surface area (Å²) in [6.45, 7) is 3.32. The van der Waals surface area contributed by atoms with Crippen LogP contribution in [0, 0.1) is 12.7 Å². The Hall–Kier alpha value is -1.90. The molecule has 2 nitrogen and oxygen atoms in total. The number of halogens is 1. The minimum atomic E-state index is -0.293. The van der Waals surface area contributed by atoms with Gasteiger partial charge in [-0.25, -0.2) is 4.39 Å². The third-order valence-electron chi connectivity index (χ3n) is 2.53. The van der Waals surface area contributed by atoms with E-state index in [1.807, 2.05) is 6.92 Å². The van der Waals surface area contributed by atoms with Gasteiger partial charge >= 0.3 is 0 Å². The second-order valence-electron chi connectivity index (χ2n) is 3.78. The van der Waals surface area contributed by atoms with Gasteiger partial charge in [0.2, 0.25) is 0 Å². The van der Waals surface area contributed by atoms with Gasteiger partial charge in [-0.3, -0.25) is 4.79 Å². The van der Waals surface area contributed by atoms with Crippen molar-refractivity contribution in [3.63, 3.8) is 0 Å². The average Bonchev–Trinajstić information content (AvgIpc) is 2.61. The number of aromatic nitrogens is 1. The molecule has 0 aliphatic rings. The molecular formula is C13H12FNO. The fourth-order valence-electron chi connectivity index (χ4n) is 1.75. The summed E-state index contributed by atoms with van der Waals surface area (Å²) in [4.78, 5) is 14.2. The van der Waals surface area contributed by atoms with E-state index in [1.165, 1.54) is 13.0 Å². The molecular weight excluding hydrogens is 205 g/mol. The van der Waals surface area contributed by atoms with Gasteiger partial charge in [-0.2, -0.15) is 0 Å². The molecule has 0 aliphatic carbocycles. The van der Waals surface area contributed by atoms with Crippen LogP contribution in [0.1, 0.15) is 23.0 Å². The molecule has 0 saturated carbocycles. The van der Waals surface area contributed by atoms with E-state index in [4.69, 9.17) is 0 Å². The Morgan fingerprint density at radius 2 is 2.00 bits per heavy atom. The van der Waals surface area contributed by atoms with Crippen LogP contribution in [-0.4, -0.2) is 10.8 Å². The van der Waals surface area contributed by atoms with Gasteiger partial charge in [-0.05, 0) is 30.7 Å². The molecule has 82 valence electrons. The molecule has 0 fully saturated rings. The Bertz CT molecular complexity index is 543. The first kappa shape index (κ1) is 10.6. The van der Waals surface area contributed by atoms with Crippen molar-refractivity contribution in [2.24, 2.45) is 0 Å². The number of benzene rings is 1. The molecule has 0 spiro atoms. The monoisotopic (exact) mass is 217 g/mol. The van der Waals surface area contributed by atoms with Crippen LogP contribution >= 0.6 is 0 Å². The lowest BCUT2D eigenvalue weighted by Gasteiger charge is -1.99. The van der Waals surface area contributed by atoms with E-state index in [9.17, 15) is 9.18 Å². The molecule has 1 N–H and O–H groups in total. The van der Waals surface area contributed by atoms with Crippen LogP contribution < -0.4 is 0 Å². The normalized spacial score (nSPS) is 10.4. The highest BCUT2D eigenvalue weighted by Crippen LogP contribution is 2.24. The maximum Gasteiger partial charge on any atom is 0.176 e. The molecule has 2 aromatic rings. The second-order valence-corrected chi connectivity index (χ2v) is 3.78. The molecule has 0 radical (unpaired) electrons. The summed E-state index contributed by atoms with van der Waals surface area (Å²) < 4.78 is 13.5. The summed E-state index contributed by atoms with van der Waals surface area (Å²) in [5, 5.41) is 0. The summed E-state index contributed by atoms with van der Waals surface area (Å²) in [5.41, 5.74) is 2.50.